The third-order valence-corrected chi connectivity index (χ3v) is 4.79. The molecule has 1 aliphatic rings. The Balaban J connectivity index is 2.03. The van der Waals surface area contributed by atoms with Gasteiger partial charge < -0.3 is 4.57 Å². The van der Waals surface area contributed by atoms with Crippen molar-refractivity contribution in [1.29, 1.82) is 0 Å². The standard InChI is InChI=1S/C18H11BrClN3O/c19-14-4-2-1-3-12(14)18-13-9-11(20)5-6-15(13)23-8-7-17(24)22-16(23)10-21-18/h1-9H,10H2. The minimum Gasteiger partial charge on any atom is -0.303 e. The van der Waals surface area contributed by atoms with Gasteiger partial charge in [-0.25, -0.2) is 0 Å². The molecule has 1 aromatic heterocycles. The Labute approximate surface area is 151 Å². The van der Waals surface area contributed by atoms with Crippen LogP contribution in [-0.2, 0) is 6.54 Å². The molecule has 0 amide bonds. The van der Waals surface area contributed by atoms with Crippen molar-refractivity contribution in [2.75, 3.05) is 0 Å². The molecule has 4 nitrogen and oxygen atoms in total. The highest BCUT2D eigenvalue weighted by atomic mass is 79.9. The van der Waals surface area contributed by atoms with E-state index in [0.29, 0.717) is 17.4 Å². The molecule has 3 aromatic rings. The molecule has 0 atom stereocenters. The second-order valence-corrected chi connectivity index (χ2v) is 6.65. The van der Waals surface area contributed by atoms with Gasteiger partial charge >= 0.3 is 0 Å². The molecule has 2 aromatic carbocycles. The van der Waals surface area contributed by atoms with E-state index in [1.165, 1.54) is 6.07 Å². The normalized spacial score (nSPS) is 12.8. The van der Waals surface area contributed by atoms with Crippen LogP contribution in [-0.4, -0.2) is 15.3 Å². The molecule has 24 heavy (non-hydrogen) atoms. The zero-order chi connectivity index (χ0) is 16.7. The lowest BCUT2D eigenvalue weighted by molar-refractivity contribution is 0.819. The monoisotopic (exact) mass is 399 g/mol. The first-order chi connectivity index (χ1) is 11.6. The van der Waals surface area contributed by atoms with Gasteiger partial charge in [-0.3, -0.25) is 9.79 Å². The van der Waals surface area contributed by atoms with E-state index in [2.05, 4.69) is 20.9 Å². The summed E-state index contributed by atoms with van der Waals surface area (Å²) >= 11 is 9.82. The molecule has 1 aliphatic heterocycles. The molecule has 0 spiro atoms. The SMILES string of the molecule is O=c1ccn2c(n1)CN=C(c1ccccc1Br)c1cc(Cl)ccc1-2. The Kier molecular flexibility index (Phi) is 3.82. The Bertz CT molecular complexity index is 1040. The Hall–Kier alpha value is -2.24. The van der Waals surface area contributed by atoms with Gasteiger partial charge in [-0.2, -0.15) is 4.98 Å². The number of benzene rings is 2. The Morgan fingerprint density at radius 2 is 1.92 bits per heavy atom. The lowest BCUT2D eigenvalue weighted by Crippen LogP contribution is -2.15. The minimum atomic E-state index is -0.267. The first-order valence-corrected chi connectivity index (χ1v) is 8.49. The quantitative estimate of drug-likeness (QED) is 0.620. The van der Waals surface area contributed by atoms with Crippen molar-refractivity contribution in [2.24, 2.45) is 4.99 Å². The molecule has 4 rings (SSSR count). The fraction of sp³-hybridized carbons (Fsp3) is 0.0556. The third kappa shape index (κ3) is 2.60. The summed E-state index contributed by atoms with van der Waals surface area (Å²) in [6, 6.07) is 15.0. The van der Waals surface area contributed by atoms with Crippen LogP contribution in [0.2, 0.25) is 5.02 Å². The van der Waals surface area contributed by atoms with E-state index in [9.17, 15) is 4.79 Å². The second-order valence-electron chi connectivity index (χ2n) is 5.36. The van der Waals surface area contributed by atoms with Crippen molar-refractivity contribution in [3.8, 4) is 5.69 Å². The van der Waals surface area contributed by atoms with Crippen LogP contribution in [0.1, 0.15) is 17.0 Å². The van der Waals surface area contributed by atoms with Crippen molar-refractivity contribution >= 4 is 33.2 Å². The maximum absolute atomic E-state index is 11.6. The Morgan fingerprint density at radius 1 is 1.08 bits per heavy atom. The molecule has 6 heteroatoms. The lowest BCUT2D eigenvalue weighted by Gasteiger charge is -2.14. The highest BCUT2D eigenvalue weighted by molar-refractivity contribution is 9.10. The average Bonchev–Trinajstić information content (AvgIpc) is 2.72. The third-order valence-electron chi connectivity index (χ3n) is 3.86. The topological polar surface area (TPSA) is 47.2 Å². The van der Waals surface area contributed by atoms with E-state index in [1.54, 1.807) is 6.20 Å². The summed E-state index contributed by atoms with van der Waals surface area (Å²) in [6.45, 7) is 0.318. The van der Waals surface area contributed by atoms with Crippen molar-refractivity contribution in [1.82, 2.24) is 9.55 Å². The number of aliphatic imine (C=N–C) groups is 1. The summed E-state index contributed by atoms with van der Waals surface area (Å²) in [5.74, 6) is 0.605. The van der Waals surface area contributed by atoms with Gasteiger partial charge in [-0.05, 0) is 24.3 Å². The van der Waals surface area contributed by atoms with E-state index in [0.717, 1.165) is 27.0 Å². The molecule has 0 saturated carbocycles. The van der Waals surface area contributed by atoms with Gasteiger partial charge in [0.05, 0.1) is 17.9 Å². The predicted molar refractivity (Wildman–Crippen MR) is 98.3 cm³/mol. The van der Waals surface area contributed by atoms with Crippen LogP contribution in [0.5, 0.6) is 0 Å². The van der Waals surface area contributed by atoms with Gasteiger partial charge in [0, 0.05) is 32.9 Å². The zero-order valence-electron chi connectivity index (χ0n) is 12.4. The van der Waals surface area contributed by atoms with E-state index in [1.807, 2.05) is 47.0 Å². The summed E-state index contributed by atoms with van der Waals surface area (Å²) < 4.78 is 2.84. The van der Waals surface area contributed by atoms with E-state index in [4.69, 9.17) is 16.6 Å². The zero-order valence-corrected chi connectivity index (χ0v) is 14.8. The van der Waals surface area contributed by atoms with E-state index in [-0.39, 0.29) is 5.56 Å². The molecule has 0 radical (unpaired) electrons. The summed E-state index contributed by atoms with van der Waals surface area (Å²) in [5.41, 5.74) is 3.32. The molecule has 0 bridgehead atoms. The van der Waals surface area contributed by atoms with E-state index >= 15 is 0 Å². The van der Waals surface area contributed by atoms with Crippen LogP contribution in [0.4, 0.5) is 0 Å². The van der Waals surface area contributed by atoms with Gasteiger partial charge in [0.15, 0.2) is 0 Å². The molecular weight excluding hydrogens is 390 g/mol. The van der Waals surface area contributed by atoms with Gasteiger partial charge in [0.1, 0.15) is 5.82 Å². The molecule has 0 N–H and O–H groups in total. The minimum absolute atomic E-state index is 0.267. The maximum Gasteiger partial charge on any atom is 0.272 e. The van der Waals surface area contributed by atoms with Gasteiger partial charge in [0.25, 0.3) is 5.56 Å². The number of halogens is 2. The van der Waals surface area contributed by atoms with Gasteiger partial charge in [-0.1, -0.05) is 45.7 Å². The van der Waals surface area contributed by atoms with Crippen LogP contribution in [0.15, 0.2) is 69.0 Å². The Morgan fingerprint density at radius 3 is 2.75 bits per heavy atom. The van der Waals surface area contributed by atoms with Crippen LogP contribution in [0.25, 0.3) is 5.69 Å². The predicted octanol–water partition coefficient (Wildman–Crippen LogP) is 4.00. The summed E-state index contributed by atoms with van der Waals surface area (Å²) in [7, 11) is 0. The molecular formula is C18H11BrClN3O. The number of hydrogen-bond acceptors (Lipinski definition) is 3. The fourth-order valence-corrected chi connectivity index (χ4v) is 3.44. The average molecular weight is 401 g/mol. The van der Waals surface area contributed by atoms with Gasteiger partial charge in [-0.15, -0.1) is 0 Å². The highest BCUT2D eigenvalue weighted by Crippen LogP contribution is 2.29. The second kappa shape index (κ2) is 6.00. The van der Waals surface area contributed by atoms with Crippen molar-refractivity contribution in [3.63, 3.8) is 0 Å². The van der Waals surface area contributed by atoms with Crippen LogP contribution >= 0.6 is 27.5 Å². The summed E-state index contributed by atoms with van der Waals surface area (Å²) in [5, 5.41) is 0.631. The first kappa shape index (κ1) is 15.3. The largest absolute Gasteiger partial charge is 0.303 e. The highest BCUT2D eigenvalue weighted by Gasteiger charge is 2.20. The first-order valence-electron chi connectivity index (χ1n) is 7.32. The molecule has 118 valence electrons. The maximum atomic E-state index is 11.6. The van der Waals surface area contributed by atoms with E-state index < -0.39 is 0 Å². The summed E-state index contributed by atoms with van der Waals surface area (Å²) in [4.78, 5) is 20.5. The van der Waals surface area contributed by atoms with Crippen molar-refractivity contribution < 1.29 is 0 Å². The lowest BCUT2D eigenvalue weighted by atomic mass is 10.0. The number of fused-ring (bicyclic) bond motifs is 3. The van der Waals surface area contributed by atoms with Crippen molar-refractivity contribution in [3.05, 3.63) is 91.5 Å². The molecule has 2 heterocycles. The smallest absolute Gasteiger partial charge is 0.272 e. The van der Waals surface area contributed by atoms with Gasteiger partial charge in [0.2, 0.25) is 0 Å². The number of nitrogens with zero attached hydrogens (tertiary/aromatic N) is 3. The fourth-order valence-electron chi connectivity index (χ4n) is 2.80. The van der Waals surface area contributed by atoms with Crippen LogP contribution in [0, 0.1) is 0 Å². The molecule has 0 fully saturated rings. The number of hydrogen-bond donors (Lipinski definition) is 0. The van der Waals surface area contributed by atoms with Crippen LogP contribution < -0.4 is 5.56 Å². The molecule has 0 aliphatic carbocycles. The number of aromatic nitrogens is 2. The van der Waals surface area contributed by atoms with Crippen LogP contribution in [0.3, 0.4) is 0 Å². The molecule has 0 saturated heterocycles. The summed E-state index contributed by atoms with van der Waals surface area (Å²) in [6.07, 6.45) is 1.73. The van der Waals surface area contributed by atoms with Crippen molar-refractivity contribution in [2.45, 2.75) is 6.54 Å². The number of rotatable bonds is 1. The molecule has 0 unspecified atom stereocenters.